The fraction of sp³-hybridized carbons (Fsp3) is 0.917. The van der Waals surface area contributed by atoms with E-state index in [1.807, 2.05) is 11.8 Å². The lowest BCUT2D eigenvalue weighted by molar-refractivity contribution is -0.145. The number of nitrogens with zero attached hydrogens (tertiary/aromatic N) is 1. The van der Waals surface area contributed by atoms with Crippen LogP contribution in [0.2, 0.25) is 0 Å². The SMILES string of the molecule is CC(C)C(C)C(=O)N1CC(N)(C(C)C)C1. The van der Waals surface area contributed by atoms with Crippen LogP contribution >= 0.6 is 0 Å². The Bertz CT molecular complexity index is 242. The van der Waals surface area contributed by atoms with Crippen molar-refractivity contribution in [3.63, 3.8) is 0 Å². The summed E-state index contributed by atoms with van der Waals surface area (Å²) in [6.45, 7) is 11.8. The summed E-state index contributed by atoms with van der Waals surface area (Å²) in [7, 11) is 0. The maximum Gasteiger partial charge on any atom is 0.225 e. The van der Waals surface area contributed by atoms with Crippen LogP contribution in [0.3, 0.4) is 0 Å². The van der Waals surface area contributed by atoms with Crippen LogP contribution in [-0.4, -0.2) is 29.4 Å². The Balaban J connectivity index is 2.49. The molecule has 1 saturated heterocycles. The average molecular weight is 212 g/mol. The van der Waals surface area contributed by atoms with Crippen molar-refractivity contribution >= 4 is 5.91 Å². The summed E-state index contributed by atoms with van der Waals surface area (Å²) in [5.74, 6) is 1.22. The maximum absolute atomic E-state index is 11.9. The van der Waals surface area contributed by atoms with Crippen molar-refractivity contribution in [2.75, 3.05) is 13.1 Å². The smallest absolute Gasteiger partial charge is 0.225 e. The molecule has 1 fully saturated rings. The third-order valence-electron chi connectivity index (χ3n) is 3.82. The van der Waals surface area contributed by atoms with Crippen LogP contribution in [0.15, 0.2) is 0 Å². The molecule has 0 spiro atoms. The lowest BCUT2D eigenvalue weighted by Crippen LogP contribution is -2.71. The molecule has 15 heavy (non-hydrogen) atoms. The minimum absolute atomic E-state index is 0.113. The van der Waals surface area contributed by atoms with Gasteiger partial charge in [-0.15, -0.1) is 0 Å². The number of hydrogen-bond donors (Lipinski definition) is 1. The lowest BCUT2D eigenvalue weighted by Gasteiger charge is -2.51. The second-order valence-electron chi connectivity index (χ2n) is 5.61. The van der Waals surface area contributed by atoms with Crippen molar-refractivity contribution in [3.05, 3.63) is 0 Å². The van der Waals surface area contributed by atoms with E-state index >= 15 is 0 Å². The molecule has 1 atom stereocenters. The molecule has 88 valence electrons. The van der Waals surface area contributed by atoms with Crippen molar-refractivity contribution < 1.29 is 4.79 Å². The molecule has 2 N–H and O–H groups in total. The van der Waals surface area contributed by atoms with Gasteiger partial charge in [-0.25, -0.2) is 0 Å². The Morgan fingerprint density at radius 2 is 1.67 bits per heavy atom. The highest BCUT2D eigenvalue weighted by molar-refractivity contribution is 5.80. The molecule has 0 aromatic carbocycles. The lowest BCUT2D eigenvalue weighted by atomic mass is 9.79. The number of carbonyl (C=O) groups is 1. The first-order valence-electron chi connectivity index (χ1n) is 5.85. The Morgan fingerprint density at radius 3 is 2.00 bits per heavy atom. The molecule has 1 heterocycles. The Kier molecular flexibility index (Phi) is 3.44. The van der Waals surface area contributed by atoms with Crippen LogP contribution in [0.1, 0.15) is 34.6 Å². The summed E-state index contributed by atoms with van der Waals surface area (Å²) in [4.78, 5) is 13.8. The molecule has 0 aromatic heterocycles. The van der Waals surface area contributed by atoms with Crippen LogP contribution in [0.4, 0.5) is 0 Å². The molecule has 1 unspecified atom stereocenters. The summed E-state index contributed by atoms with van der Waals surface area (Å²) in [5, 5.41) is 0. The van der Waals surface area contributed by atoms with E-state index in [-0.39, 0.29) is 17.4 Å². The summed E-state index contributed by atoms with van der Waals surface area (Å²) in [5.41, 5.74) is 6.01. The van der Waals surface area contributed by atoms with Crippen molar-refractivity contribution in [3.8, 4) is 0 Å². The number of likely N-dealkylation sites (tertiary alicyclic amines) is 1. The van der Waals surface area contributed by atoms with Gasteiger partial charge in [-0.2, -0.15) is 0 Å². The fourth-order valence-corrected chi connectivity index (χ4v) is 1.76. The van der Waals surface area contributed by atoms with Gasteiger partial charge in [-0.3, -0.25) is 4.79 Å². The van der Waals surface area contributed by atoms with E-state index in [4.69, 9.17) is 5.73 Å². The second-order valence-corrected chi connectivity index (χ2v) is 5.61. The predicted molar refractivity (Wildman–Crippen MR) is 62.3 cm³/mol. The molecule has 0 aliphatic carbocycles. The van der Waals surface area contributed by atoms with Gasteiger partial charge in [0.1, 0.15) is 0 Å². The Labute approximate surface area is 93.0 Å². The predicted octanol–water partition coefficient (Wildman–Crippen LogP) is 1.47. The number of nitrogens with two attached hydrogens (primary N) is 1. The van der Waals surface area contributed by atoms with Gasteiger partial charge in [0.05, 0.1) is 5.54 Å². The van der Waals surface area contributed by atoms with E-state index in [0.717, 1.165) is 13.1 Å². The molecular weight excluding hydrogens is 188 g/mol. The largest absolute Gasteiger partial charge is 0.339 e. The molecule has 1 amide bonds. The van der Waals surface area contributed by atoms with Gasteiger partial charge in [-0.05, 0) is 11.8 Å². The van der Waals surface area contributed by atoms with Crippen molar-refractivity contribution in [2.24, 2.45) is 23.5 Å². The number of hydrogen-bond acceptors (Lipinski definition) is 2. The van der Waals surface area contributed by atoms with E-state index in [2.05, 4.69) is 27.7 Å². The highest BCUT2D eigenvalue weighted by Crippen LogP contribution is 2.28. The molecule has 1 rings (SSSR count). The molecule has 0 aromatic rings. The first-order valence-corrected chi connectivity index (χ1v) is 5.85. The van der Waals surface area contributed by atoms with Crippen LogP contribution < -0.4 is 5.73 Å². The van der Waals surface area contributed by atoms with Crippen LogP contribution in [0.25, 0.3) is 0 Å². The molecule has 0 radical (unpaired) electrons. The molecule has 1 aliphatic heterocycles. The zero-order valence-electron chi connectivity index (χ0n) is 10.6. The summed E-state index contributed by atoms with van der Waals surface area (Å²) in [6.07, 6.45) is 0. The fourth-order valence-electron chi connectivity index (χ4n) is 1.76. The van der Waals surface area contributed by atoms with Crippen molar-refractivity contribution in [2.45, 2.75) is 40.2 Å². The quantitative estimate of drug-likeness (QED) is 0.770. The molecule has 3 nitrogen and oxygen atoms in total. The van der Waals surface area contributed by atoms with Gasteiger partial charge in [0.15, 0.2) is 0 Å². The van der Waals surface area contributed by atoms with Crippen LogP contribution in [0, 0.1) is 17.8 Å². The third-order valence-corrected chi connectivity index (χ3v) is 3.82. The summed E-state index contributed by atoms with van der Waals surface area (Å²) in [6, 6.07) is 0. The van der Waals surface area contributed by atoms with Gasteiger partial charge < -0.3 is 10.6 Å². The van der Waals surface area contributed by atoms with Crippen LogP contribution in [0.5, 0.6) is 0 Å². The van der Waals surface area contributed by atoms with Gasteiger partial charge >= 0.3 is 0 Å². The highest BCUT2D eigenvalue weighted by atomic mass is 16.2. The monoisotopic (exact) mass is 212 g/mol. The van der Waals surface area contributed by atoms with Gasteiger partial charge in [0.25, 0.3) is 0 Å². The minimum Gasteiger partial charge on any atom is -0.339 e. The number of amides is 1. The average Bonchev–Trinajstić information content (AvgIpc) is 2.09. The third kappa shape index (κ3) is 2.33. The summed E-state index contributed by atoms with van der Waals surface area (Å²) < 4.78 is 0. The molecular formula is C12H24N2O. The van der Waals surface area contributed by atoms with Crippen LogP contribution in [-0.2, 0) is 4.79 Å². The normalized spacial score (nSPS) is 21.7. The van der Waals surface area contributed by atoms with Gasteiger partial charge in [-0.1, -0.05) is 34.6 Å². The van der Waals surface area contributed by atoms with Crippen molar-refractivity contribution in [1.82, 2.24) is 4.90 Å². The van der Waals surface area contributed by atoms with Crippen molar-refractivity contribution in [1.29, 1.82) is 0 Å². The zero-order valence-corrected chi connectivity index (χ0v) is 10.6. The Morgan fingerprint density at radius 1 is 1.20 bits per heavy atom. The van der Waals surface area contributed by atoms with E-state index < -0.39 is 0 Å². The van der Waals surface area contributed by atoms with E-state index in [1.54, 1.807) is 0 Å². The summed E-state index contributed by atoms with van der Waals surface area (Å²) >= 11 is 0. The number of carbonyl (C=O) groups excluding carboxylic acids is 1. The van der Waals surface area contributed by atoms with Gasteiger partial charge in [0, 0.05) is 19.0 Å². The first-order chi connectivity index (χ1) is 6.78. The topological polar surface area (TPSA) is 46.3 Å². The van der Waals surface area contributed by atoms with E-state index in [9.17, 15) is 4.79 Å². The standard InChI is InChI=1S/C12H24N2O/c1-8(2)10(5)11(15)14-6-12(13,7-14)9(3)4/h8-10H,6-7,13H2,1-5H3. The molecule has 1 aliphatic rings. The van der Waals surface area contributed by atoms with E-state index in [1.165, 1.54) is 0 Å². The Hall–Kier alpha value is -0.570. The second kappa shape index (κ2) is 4.12. The highest BCUT2D eigenvalue weighted by Gasteiger charge is 2.45. The molecule has 3 heteroatoms. The maximum atomic E-state index is 11.9. The minimum atomic E-state index is -0.146. The first kappa shape index (κ1) is 12.5. The van der Waals surface area contributed by atoms with Gasteiger partial charge in [0.2, 0.25) is 5.91 Å². The van der Waals surface area contributed by atoms with E-state index in [0.29, 0.717) is 11.8 Å². The number of rotatable bonds is 3. The zero-order chi connectivity index (χ0) is 11.8. The molecule has 0 saturated carbocycles. The molecule has 0 bridgehead atoms.